The van der Waals surface area contributed by atoms with Crippen LogP contribution in [0.3, 0.4) is 0 Å². The minimum Gasteiger partial charge on any atom is -0.226 e. The fourth-order valence-corrected chi connectivity index (χ4v) is 1.54. The Morgan fingerprint density at radius 2 is 2.23 bits per heavy atom. The Kier molecular flexibility index (Phi) is 4.42. The Labute approximate surface area is 95.8 Å². The average molecular weight is 284 g/mol. The highest BCUT2D eigenvalue weighted by atomic mass is 79.9. The smallest absolute Gasteiger partial charge is 0.223 e. The minimum absolute atomic E-state index is 0.195. The molecule has 1 heterocycles. The molecule has 0 saturated heterocycles. The molecular weight excluding hydrogens is 275 g/mol. The summed E-state index contributed by atoms with van der Waals surface area (Å²) in [5.41, 5.74) is 0.943. The Morgan fingerprint density at radius 3 is 2.77 bits per heavy atom. The van der Waals surface area contributed by atoms with E-state index in [4.69, 9.17) is 23.2 Å². The van der Waals surface area contributed by atoms with Gasteiger partial charge in [-0.2, -0.15) is 0 Å². The van der Waals surface area contributed by atoms with Crippen molar-refractivity contribution in [1.29, 1.82) is 0 Å². The Bertz CT molecular complexity index is 293. The van der Waals surface area contributed by atoms with Gasteiger partial charge in [-0.3, -0.25) is 0 Å². The molecule has 0 saturated carbocycles. The predicted octanol–water partition coefficient (Wildman–Crippen LogP) is 3.36. The van der Waals surface area contributed by atoms with E-state index in [-0.39, 0.29) is 5.28 Å². The third kappa shape index (κ3) is 3.41. The molecule has 2 nitrogen and oxygen atoms in total. The summed E-state index contributed by atoms with van der Waals surface area (Å²) < 4.78 is 0. The summed E-state index contributed by atoms with van der Waals surface area (Å²) in [7, 11) is 0. The molecule has 1 rings (SSSR count). The van der Waals surface area contributed by atoms with Crippen LogP contribution in [-0.2, 0) is 6.42 Å². The zero-order valence-electron chi connectivity index (χ0n) is 7.10. The number of halogens is 3. The van der Waals surface area contributed by atoms with Gasteiger partial charge in [0.05, 0.1) is 0 Å². The standard InChI is InChI=1S/C8H9BrCl2N2/c1-5(3-9)2-6-4-12-8(11)13-7(6)10/h4-5H,2-3H2,1H3. The van der Waals surface area contributed by atoms with Crippen molar-refractivity contribution in [3.8, 4) is 0 Å². The molecule has 0 aliphatic rings. The van der Waals surface area contributed by atoms with Gasteiger partial charge in [0.15, 0.2) is 0 Å². The van der Waals surface area contributed by atoms with Gasteiger partial charge in [0.25, 0.3) is 0 Å². The summed E-state index contributed by atoms with van der Waals surface area (Å²) in [5.74, 6) is 0.516. The highest BCUT2D eigenvalue weighted by Gasteiger charge is 2.07. The van der Waals surface area contributed by atoms with Crippen LogP contribution in [0, 0.1) is 5.92 Å². The maximum absolute atomic E-state index is 5.88. The first-order valence-corrected chi connectivity index (χ1v) is 5.74. The lowest BCUT2D eigenvalue weighted by Gasteiger charge is -2.07. The topological polar surface area (TPSA) is 25.8 Å². The van der Waals surface area contributed by atoms with Crippen molar-refractivity contribution in [1.82, 2.24) is 9.97 Å². The van der Waals surface area contributed by atoms with Crippen molar-refractivity contribution in [3.63, 3.8) is 0 Å². The number of hydrogen-bond donors (Lipinski definition) is 0. The van der Waals surface area contributed by atoms with Crippen LogP contribution in [0.25, 0.3) is 0 Å². The number of rotatable bonds is 3. The van der Waals surface area contributed by atoms with E-state index in [9.17, 15) is 0 Å². The molecule has 5 heteroatoms. The van der Waals surface area contributed by atoms with Crippen LogP contribution < -0.4 is 0 Å². The molecule has 1 aromatic heterocycles. The van der Waals surface area contributed by atoms with Gasteiger partial charge in [0, 0.05) is 17.1 Å². The van der Waals surface area contributed by atoms with Crippen LogP contribution in [0.15, 0.2) is 6.20 Å². The summed E-state index contributed by atoms with van der Waals surface area (Å²) >= 11 is 14.9. The van der Waals surface area contributed by atoms with Crippen LogP contribution >= 0.6 is 39.1 Å². The molecule has 0 aliphatic carbocycles. The molecule has 0 aromatic carbocycles. The van der Waals surface area contributed by atoms with Crippen LogP contribution in [0.4, 0.5) is 0 Å². The maximum Gasteiger partial charge on any atom is 0.223 e. The molecule has 13 heavy (non-hydrogen) atoms. The van der Waals surface area contributed by atoms with E-state index in [0.717, 1.165) is 17.3 Å². The number of hydrogen-bond acceptors (Lipinski definition) is 2. The van der Waals surface area contributed by atoms with E-state index in [1.54, 1.807) is 6.20 Å². The third-order valence-electron chi connectivity index (χ3n) is 1.61. The molecule has 1 aromatic rings. The van der Waals surface area contributed by atoms with Gasteiger partial charge in [-0.15, -0.1) is 0 Å². The highest BCUT2D eigenvalue weighted by molar-refractivity contribution is 9.09. The molecule has 0 aliphatic heterocycles. The molecule has 0 amide bonds. The van der Waals surface area contributed by atoms with Gasteiger partial charge in [-0.25, -0.2) is 9.97 Å². The van der Waals surface area contributed by atoms with E-state index in [1.165, 1.54) is 0 Å². The second kappa shape index (κ2) is 5.13. The van der Waals surface area contributed by atoms with Crippen LogP contribution in [0.5, 0.6) is 0 Å². The van der Waals surface area contributed by atoms with Crippen molar-refractivity contribution in [2.45, 2.75) is 13.3 Å². The summed E-state index contributed by atoms with van der Waals surface area (Å²) in [6.45, 7) is 2.12. The first-order chi connectivity index (χ1) is 6.13. The first-order valence-electron chi connectivity index (χ1n) is 3.86. The lowest BCUT2D eigenvalue weighted by molar-refractivity contribution is 0.659. The summed E-state index contributed by atoms with van der Waals surface area (Å²) in [5, 5.41) is 1.58. The Morgan fingerprint density at radius 1 is 1.54 bits per heavy atom. The van der Waals surface area contributed by atoms with Crippen molar-refractivity contribution in [2.75, 3.05) is 5.33 Å². The van der Waals surface area contributed by atoms with Gasteiger partial charge < -0.3 is 0 Å². The molecule has 72 valence electrons. The Balaban J connectivity index is 2.77. The molecule has 1 unspecified atom stereocenters. The number of nitrogens with zero attached hydrogens (tertiary/aromatic N) is 2. The van der Waals surface area contributed by atoms with E-state index in [1.807, 2.05) is 0 Å². The van der Waals surface area contributed by atoms with Gasteiger partial charge in [0.2, 0.25) is 5.28 Å². The molecule has 0 bridgehead atoms. The fraction of sp³-hybridized carbons (Fsp3) is 0.500. The van der Waals surface area contributed by atoms with Gasteiger partial charge in [0.1, 0.15) is 5.15 Å². The van der Waals surface area contributed by atoms with Crippen molar-refractivity contribution >= 4 is 39.1 Å². The second-order valence-electron chi connectivity index (χ2n) is 2.92. The quantitative estimate of drug-likeness (QED) is 0.483. The first kappa shape index (κ1) is 11.2. The highest BCUT2D eigenvalue weighted by Crippen LogP contribution is 2.18. The largest absolute Gasteiger partial charge is 0.226 e. The molecule has 0 N–H and O–H groups in total. The lowest BCUT2D eigenvalue weighted by atomic mass is 10.1. The minimum atomic E-state index is 0.195. The number of aromatic nitrogens is 2. The van der Waals surface area contributed by atoms with E-state index >= 15 is 0 Å². The summed E-state index contributed by atoms with van der Waals surface area (Å²) in [4.78, 5) is 7.75. The monoisotopic (exact) mass is 282 g/mol. The average Bonchev–Trinajstić information content (AvgIpc) is 2.09. The van der Waals surface area contributed by atoms with Crippen molar-refractivity contribution in [2.24, 2.45) is 5.92 Å². The zero-order valence-corrected chi connectivity index (χ0v) is 10.2. The van der Waals surface area contributed by atoms with Crippen LogP contribution in [0.1, 0.15) is 12.5 Å². The number of alkyl halides is 1. The Hall–Kier alpha value is 0.140. The predicted molar refractivity (Wildman–Crippen MR) is 58.7 cm³/mol. The third-order valence-corrected chi connectivity index (χ3v) is 3.23. The summed E-state index contributed by atoms with van der Waals surface area (Å²) in [6, 6.07) is 0. The van der Waals surface area contributed by atoms with Crippen molar-refractivity contribution < 1.29 is 0 Å². The lowest BCUT2D eigenvalue weighted by Crippen LogP contribution is -2.02. The molecule has 0 radical (unpaired) electrons. The molecule has 0 fully saturated rings. The summed E-state index contributed by atoms with van der Waals surface area (Å²) in [6.07, 6.45) is 2.54. The normalized spacial score (nSPS) is 12.9. The van der Waals surface area contributed by atoms with Gasteiger partial charge in [-0.05, 0) is 23.9 Å². The van der Waals surface area contributed by atoms with Gasteiger partial charge >= 0.3 is 0 Å². The van der Waals surface area contributed by atoms with Crippen molar-refractivity contribution in [3.05, 3.63) is 22.2 Å². The van der Waals surface area contributed by atoms with E-state index in [2.05, 4.69) is 32.8 Å². The second-order valence-corrected chi connectivity index (χ2v) is 4.26. The van der Waals surface area contributed by atoms with Gasteiger partial charge in [-0.1, -0.05) is 34.5 Å². The van der Waals surface area contributed by atoms with Crippen LogP contribution in [0.2, 0.25) is 10.4 Å². The zero-order chi connectivity index (χ0) is 9.84. The van der Waals surface area contributed by atoms with E-state index in [0.29, 0.717) is 11.1 Å². The maximum atomic E-state index is 5.88. The fourth-order valence-electron chi connectivity index (χ4n) is 0.933. The SMILES string of the molecule is CC(CBr)Cc1cnc(Cl)nc1Cl. The molecule has 1 atom stereocenters. The molecular formula is C8H9BrCl2N2. The van der Waals surface area contributed by atoms with Crippen LogP contribution in [-0.4, -0.2) is 15.3 Å². The molecule has 0 spiro atoms. The van der Waals surface area contributed by atoms with E-state index < -0.39 is 0 Å².